The Labute approximate surface area is 127 Å². The van der Waals surface area contributed by atoms with Gasteiger partial charge in [0.15, 0.2) is 11.5 Å². The van der Waals surface area contributed by atoms with Crippen molar-refractivity contribution in [3.05, 3.63) is 47.0 Å². The molecule has 0 heterocycles. The Kier molecular flexibility index (Phi) is 6.29. The number of ether oxygens (including phenoxy) is 2. The minimum atomic E-state index is -1.07. The molecule has 1 aromatic carbocycles. The number of nitriles is 1. The highest BCUT2D eigenvalue weighted by Gasteiger charge is 2.18. The Morgan fingerprint density at radius 3 is 2.80 bits per heavy atom. The average Bonchev–Trinajstić information content (AvgIpc) is 2.44. The van der Waals surface area contributed by atoms with Crippen molar-refractivity contribution in [1.82, 2.24) is 0 Å². The Balaban J connectivity index is 3.22. The van der Waals surface area contributed by atoms with Crippen molar-refractivity contribution < 1.29 is 14.6 Å². The summed E-state index contributed by atoms with van der Waals surface area (Å²) in [6.07, 6.45) is 0.562. The van der Waals surface area contributed by atoms with Crippen LogP contribution in [-0.2, 0) is 0 Å². The van der Waals surface area contributed by atoms with Gasteiger partial charge in [0, 0.05) is 0 Å². The summed E-state index contributed by atoms with van der Waals surface area (Å²) in [5.74, 6) is 1.02. The van der Waals surface area contributed by atoms with Crippen molar-refractivity contribution in [1.29, 1.82) is 5.26 Å². The fraction of sp³-hybridized carbons (Fsp3) is 0.267. The number of aliphatic hydroxyl groups is 1. The monoisotopic (exact) mass is 337 g/mol. The van der Waals surface area contributed by atoms with E-state index in [1.807, 2.05) is 13.0 Å². The smallest absolute Gasteiger partial charge is 0.175 e. The fourth-order valence-corrected chi connectivity index (χ4v) is 2.13. The number of benzene rings is 1. The molecule has 106 valence electrons. The van der Waals surface area contributed by atoms with Crippen LogP contribution in [0, 0.1) is 11.3 Å². The standard InChI is InChI=1S/C15H16BrNO3/c1-4-6-20-15-12(16)7-11(8-13(15)19-5-2)14(18)10(3)9-17/h4,7-8,14,18H,1,3,5-6H2,2H3. The quantitative estimate of drug-likeness (QED) is 0.610. The number of aliphatic hydroxyl groups excluding tert-OH is 1. The molecule has 0 spiro atoms. The molecule has 0 radical (unpaired) electrons. The van der Waals surface area contributed by atoms with Gasteiger partial charge in [-0.25, -0.2) is 0 Å². The molecule has 0 aromatic heterocycles. The summed E-state index contributed by atoms with van der Waals surface area (Å²) >= 11 is 3.37. The van der Waals surface area contributed by atoms with Crippen molar-refractivity contribution in [3.63, 3.8) is 0 Å². The molecule has 20 heavy (non-hydrogen) atoms. The minimum Gasteiger partial charge on any atom is -0.490 e. The highest BCUT2D eigenvalue weighted by Crippen LogP contribution is 2.39. The molecule has 1 aromatic rings. The van der Waals surface area contributed by atoms with E-state index >= 15 is 0 Å². The SMILES string of the molecule is C=CCOc1c(Br)cc(C(O)C(=C)C#N)cc1OCC. The van der Waals surface area contributed by atoms with Gasteiger partial charge in [0.1, 0.15) is 12.7 Å². The van der Waals surface area contributed by atoms with Gasteiger partial charge in [-0.15, -0.1) is 0 Å². The molecule has 0 amide bonds. The highest BCUT2D eigenvalue weighted by molar-refractivity contribution is 9.10. The van der Waals surface area contributed by atoms with E-state index in [1.165, 1.54) is 0 Å². The second-order valence-electron chi connectivity index (χ2n) is 3.90. The van der Waals surface area contributed by atoms with Crippen molar-refractivity contribution >= 4 is 15.9 Å². The van der Waals surface area contributed by atoms with Gasteiger partial charge in [0.25, 0.3) is 0 Å². The first-order valence-electron chi connectivity index (χ1n) is 6.02. The Hall–Kier alpha value is -1.77. The zero-order valence-corrected chi connectivity index (χ0v) is 12.8. The molecule has 0 saturated heterocycles. The van der Waals surface area contributed by atoms with E-state index in [1.54, 1.807) is 18.2 Å². The molecular weight excluding hydrogens is 322 g/mol. The summed E-state index contributed by atoms with van der Waals surface area (Å²) in [5, 5.41) is 18.8. The molecule has 0 aliphatic carbocycles. The molecule has 0 saturated carbocycles. The first-order valence-corrected chi connectivity index (χ1v) is 6.81. The summed E-state index contributed by atoms with van der Waals surface area (Å²) in [5.41, 5.74) is 0.580. The van der Waals surface area contributed by atoms with E-state index in [0.717, 1.165) is 0 Å². The lowest BCUT2D eigenvalue weighted by Crippen LogP contribution is -2.04. The molecule has 1 unspecified atom stereocenters. The lowest BCUT2D eigenvalue weighted by atomic mass is 10.0. The molecule has 0 fully saturated rings. The predicted molar refractivity (Wildman–Crippen MR) is 80.7 cm³/mol. The number of rotatable bonds is 7. The summed E-state index contributed by atoms with van der Waals surface area (Å²) in [6, 6.07) is 5.15. The van der Waals surface area contributed by atoms with Crippen LogP contribution < -0.4 is 9.47 Å². The maximum atomic E-state index is 10.0. The van der Waals surface area contributed by atoms with Gasteiger partial charge < -0.3 is 14.6 Å². The lowest BCUT2D eigenvalue weighted by molar-refractivity contribution is 0.219. The van der Waals surface area contributed by atoms with Crippen LogP contribution >= 0.6 is 15.9 Å². The van der Waals surface area contributed by atoms with Crippen LogP contribution in [0.4, 0.5) is 0 Å². The highest BCUT2D eigenvalue weighted by atomic mass is 79.9. The average molecular weight is 338 g/mol. The molecule has 5 heteroatoms. The van der Waals surface area contributed by atoms with Crippen LogP contribution in [-0.4, -0.2) is 18.3 Å². The number of halogens is 1. The van der Waals surface area contributed by atoms with E-state index in [4.69, 9.17) is 14.7 Å². The van der Waals surface area contributed by atoms with E-state index in [0.29, 0.717) is 34.7 Å². The molecular formula is C15H16BrNO3. The van der Waals surface area contributed by atoms with Gasteiger partial charge >= 0.3 is 0 Å². The Bertz CT molecular complexity index is 549. The first-order chi connectivity index (χ1) is 9.54. The van der Waals surface area contributed by atoms with Crippen LogP contribution in [0.3, 0.4) is 0 Å². The van der Waals surface area contributed by atoms with E-state index < -0.39 is 6.10 Å². The van der Waals surface area contributed by atoms with Gasteiger partial charge in [0.2, 0.25) is 0 Å². The van der Waals surface area contributed by atoms with Crippen LogP contribution in [0.2, 0.25) is 0 Å². The molecule has 1 atom stereocenters. The van der Waals surface area contributed by atoms with Crippen molar-refractivity contribution in [2.75, 3.05) is 13.2 Å². The second-order valence-corrected chi connectivity index (χ2v) is 4.76. The van der Waals surface area contributed by atoms with Crippen LogP contribution in [0.1, 0.15) is 18.6 Å². The summed E-state index contributed by atoms with van der Waals surface area (Å²) in [4.78, 5) is 0. The van der Waals surface area contributed by atoms with Gasteiger partial charge in [-0.1, -0.05) is 19.2 Å². The lowest BCUT2D eigenvalue weighted by Gasteiger charge is -2.16. The predicted octanol–water partition coefficient (Wildman–Crippen LogP) is 3.53. The normalized spacial score (nSPS) is 11.3. The van der Waals surface area contributed by atoms with Crippen LogP contribution in [0.25, 0.3) is 0 Å². The zero-order chi connectivity index (χ0) is 15.1. The van der Waals surface area contributed by atoms with Gasteiger partial charge in [0.05, 0.1) is 22.7 Å². The third-order valence-electron chi connectivity index (χ3n) is 2.47. The van der Waals surface area contributed by atoms with Crippen molar-refractivity contribution in [3.8, 4) is 17.6 Å². The molecule has 0 aliphatic heterocycles. The third kappa shape index (κ3) is 3.86. The number of hydrogen-bond acceptors (Lipinski definition) is 4. The Morgan fingerprint density at radius 1 is 1.55 bits per heavy atom. The van der Waals surface area contributed by atoms with E-state index in [2.05, 4.69) is 29.1 Å². The molecule has 1 rings (SSSR count). The summed E-state index contributed by atoms with van der Waals surface area (Å²) in [6.45, 7) is 9.75. The molecule has 1 N–H and O–H groups in total. The summed E-state index contributed by atoms with van der Waals surface area (Å²) in [7, 11) is 0. The van der Waals surface area contributed by atoms with Crippen LogP contribution in [0.15, 0.2) is 41.4 Å². The van der Waals surface area contributed by atoms with Gasteiger partial charge in [-0.2, -0.15) is 5.26 Å². The van der Waals surface area contributed by atoms with E-state index in [9.17, 15) is 5.11 Å². The number of hydrogen-bond donors (Lipinski definition) is 1. The fourth-order valence-electron chi connectivity index (χ4n) is 1.55. The number of nitrogens with zero attached hydrogens (tertiary/aromatic N) is 1. The minimum absolute atomic E-state index is 0.0686. The topological polar surface area (TPSA) is 62.5 Å². The first kappa shape index (κ1) is 16.3. The molecule has 0 aliphatic rings. The van der Waals surface area contributed by atoms with E-state index in [-0.39, 0.29) is 5.57 Å². The van der Waals surface area contributed by atoms with Crippen molar-refractivity contribution in [2.24, 2.45) is 0 Å². The maximum Gasteiger partial charge on any atom is 0.175 e. The van der Waals surface area contributed by atoms with Crippen LogP contribution in [0.5, 0.6) is 11.5 Å². The largest absolute Gasteiger partial charge is 0.490 e. The van der Waals surface area contributed by atoms with Crippen molar-refractivity contribution in [2.45, 2.75) is 13.0 Å². The van der Waals surface area contributed by atoms with Gasteiger partial charge in [-0.05, 0) is 40.5 Å². The maximum absolute atomic E-state index is 10.0. The zero-order valence-electron chi connectivity index (χ0n) is 11.2. The van der Waals surface area contributed by atoms with Gasteiger partial charge in [-0.3, -0.25) is 0 Å². The Morgan fingerprint density at radius 2 is 2.25 bits per heavy atom. The summed E-state index contributed by atoms with van der Waals surface area (Å²) < 4.78 is 11.7. The molecule has 4 nitrogen and oxygen atoms in total. The second kappa shape index (κ2) is 7.73. The third-order valence-corrected chi connectivity index (χ3v) is 3.06. The molecule has 0 bridgehead atoms.